The van der Waals surface area contributed by atoms with Gasteiger partial charge in [-0.05, 0) is 6.07 Å². The molecule has 9 nitrogen and oxygen atoms in total. The quantitative estimate of drug-likeness (QED) is 0.718. The van der Waals surface area contributed by atoms with Gasteiger partial charge in [0.15, 0.2) is 0 Å². The highest BCUT2D eigenvalue weighted by atomic mass is 19.4. The Morgan fingerprint density at radius 3 is 2.15 bits per heavy atom. The minimum absolute atomic E-state index is 0.0995. The fraction of sp³-hybridized carbons (Fsp3) is 0.545. The predicted molar refractivity (Wildman–Crippen MR) is 115 cm³/mol. The minimum Gasteiger partial charge on any atom is -0.380 e. The third-order valence-corrected chi connectivity index (χ3v) is 6.84. The number of carbonyl (C=O) groups is 1. The highest BCUT2D eigenvalue weighted by Crippen LogP contribution is 2.44. The van der Waals surface area contributed by atoms with Crippen molar-refractivity contribution >= 4 is 23.5 Å². The van der Waals surface area contributed by atoms with Crippen molar-refractivity contribution in [2.45, 2.75) is 13.1 Å². The molecule has 180 valence electrons. The van der Waals surface area contributed by atoms with Crippen molar-refractivity contribution in [1.29, 1.82) is 0 Å². The lowest BCUT2D eigenvalue weighted by atomic mass is 9.78. The smallest absolute Gasteiger partial charge is 0.380 e. The van der Waals surface area contributed by atoms with Gasteiger partial charge in [0.1, 0.15) is 11.6 Å². The maximum absolute atomic E-state index is 14.0. The number of rotatable bonds is 4. The van der Waals surface area contributed by atoms with Gasteiger partial charge in [-0.2, -0.15) is 18.2 Å². The molecule has 4 fully saturated rings. The molecule has 4 aliphatic rings. The van der Waals surface area contributed by atoms with Crippen LogP contribution in [0.3, 0.4) is 0 Å². The Bertz CT molecular complexity index is 1100. The van der Waals surface area contributed by atoms with Crippen molar-refractivity contribution in [1.82, 2.24) is 15.0 Å². The first-order valence-corrected chi connectivity index (χ1v) is 11.0. The highest BCUT2D eigenvalue weighted by molar-refractivity contribution is 5.88. The molecule has 6 heterocycles. The molecule has 1 amide bonds. The SMILES string of the molecule is CC(=O)Nc1cc(C(F)(F)F)c(-c2cc(N3CC4(COC4)C3)nc(N3CC4(COC4)C3)n2)cn1. The molecule has 2 spiro atoms. The molecule has 2 aromatic heterocycles. The van der Waals surface area contributed by atoms with Gasteiger partial charge in [-0.3, -0.25) is 4.79 Å². The number of hydrogen-bond donors (Lipinski definition) is 1. The van der Waals surface area contributed by atoms with Gasteiger partial charge in [0, 0.05) is 50.9 Å². The molecule has 0 atom stereocenters. The van der Waals surface area contributed by atoms with Gasteiger partial charge in [0.2, 0.25) is 11.9 Å². The Hall–Kier alpha value is -2.99. The second-order valence-corrected chi connectivity index (χ2v) is 9.90. The molecule has 12 heteroatoms. The molecule has 0 unspecified atom stereocenters. The summed E-state index contributed by atoms with van der Waals surface area (Å²) >= 11 is 0. The van der Waals surface area contributed by atoms with E-state index in [1.165, 1.54) is 6.92 Å². The van der Waals surface area contributed by atoms with Crippen molar-refractivity contribution in [2.75, 3.05) is 67.7 Å². The van der Waals surface area contributed by atoms with Crippen LogP contribution in [-0.2, 0) is 20.4 Å². The molecule has 0 saturated carbocycles. The van der Waals surface area contributed by atoms with Gasteiger partial charge >= 0.3 is 6.18 Å². The number of nitrogens with one attached hydrogen (secondary N) is 1. The molecule has 0 aliphatic carbocycles. The van der Waals surface area contributed by atoms with E-state index in [1.807, 2.05) is 9.80 Å². The summed E-state index contributed by atoms with van der Waals surface area (Å²) < 4.78 is 52.7. The van der Waals surface area contributed by atoms with Crippen LogP contribution in [0.5, 0.6) is 0 Å². The Morgan fingerprint density at radius 1 is 1.00 bits per heavy atom. The van der Waals surface area contributed by atoms with Crippen LogP contribution in [0.2, 0.25) is 0 Å². The number of anilines is 3. The summed E-state index contributed by atoms with van der Waals surface area (Å²) in [6.45, 7) is 6.85. The first-order chi connectivity index (χ1) is 16.1. The number of hydrogen-bond acceptors (Lipinski definition) is 8. The normalized spacial score (nSPS) is 22.0. The molecular weight excluding hydrogens is 453 g/mol. The van der Waals surface area contributed by atoms with E-state index in [4.69, 9.17) is 14.5 Å². The molecule has 34 heavy (non-hydrogen) atoms. The lowest BCUT2D eigenvalue weighted by molar-refractivity contribution is -0.137. The van der Waals surface area contributed by atoms with Crippen LogP contribution >= 0.6 is 0 Å². The lowest BCUT2D eigenvalue weighted by Crippen LogP contribution is -2.67. The van der Waals surface area contributed by atoms with E-state index in [2.05, 4.69) is 15.3 Å². The van der Waals surface area contributed by atoms with Crippen LogP contribution < -0.4 is 15.1 Å². The second-order valence-electron chi connectivity index (χ2n) is 9.90. The number of pyridine rings is 1. The van der Waals surface area contributed by atoms with E-state index in [0.717, 1.165) is 25.4 Å². The standard InChI is InChI=1S/C22H23F3N6O3/c1-13(32)27-17-2-15(22(23,24)25)14(4-26-17)16-3-18(30-5-20(6-30)9-33-10-20)29-19(28-16)31-7-21(8-31)11-34-12-21/h2-4H,5-12H2,1H3,(H,26,27,32). The number of alkyl halides is 3. The summed E-state index contributed by atoms with van der Waals surface area (Å²) in [6.07, 6.45) is -3.55. The van der Waals surface area contributed by atoms with Gasteiger partial charge in [0.25, 0.3) is 0 Å². The molecule has 1 N–H and O–H groups in total. The molecule has 4 saturated heterocycles. The second kappa shape index (κ2) is 7.25. The van der Waals surface area contributed by atoms with Crippen molar-refractivity contribution in [3.8, 4) is 11.3 Å². The van der Waals surface area contributed by atoms with Crippen LogP contribution in [0.25, 0.3) is 11.3 Å². The first-order valence-electron chi connectivity index (χ1n) is 11.0. The van der Waals surface area contributed by atoms with E-state index in [0.29, 0.717) is 51.3 Å². The van der Waals surface area contributed by atoms with E-state index in [1.54, 1.807) is 6.07 Å². The van der Waals surface area contributed by atoms with Crippen LogP contribution in [-0.4, -0.2) is 73.5 Å². The average Bonchev–Trinajstić information content (AvgIpc) is 2.62. The fourth-order valence-corrected chi connectivity index (χ4v) is 4.98. The Kier molecular flexibility index (Phi) is 4.59. The molecule has 0 radical (unpaired) electrons. The lowest BCUT2D eigenvalue weighted by Gasteiger charge is -2.56. The van der Waals surface area contributed by atoms with Crippen molar-refractivity contribution in [3.05, 3.63) is 23.9 Å². The Labute approximate surface area is 193 Å². The van der Waals surface area contributed by atoms with Gasteiger partial charge in [-0.25, -0.2) is 9.97 Å². The van der Waals surface area contributed by atoms with Crippen LogP contribution in [0, 0.1) is 10.8 Å². The maximum atomic E-state index is 14.0. The van der Waals surface area contributed by atoms with E-state index in [9.17, 15) is 18.0 Å². The number of aromatic nitrogens is 3. The third kappa shape index (κ3) is 3.56. The number of ether oxygens (including phenoxy) is 2. The van der Waals surface area contributed by atoms with Crippen LogP contribution in [0.1, 0.15) is 12.5 Å². The Balaban J connectivity index is 1.38. The monoisotopic (exact) mass is 476 g/mol. The number of nitrogens with zero attached hydrogens (tertiary/aromatic N) is 5. The summed E-state index contributed by atoms with van der Waals surface area (Å²) in [5.41, 5.74) is -0.709. The summed E-state index contributed by atoms with van der Waals surface area (Å²) in [5, 5.41) is 2.31. The highest BCUT2D eigenvalue weighted by Gasteiger charge is 2.51. The first kappa shape index (κ1) is 21.5. The fourth-order valence-electron chi connectivity index (χ4n) is 4.98. The molecule has 4 aliphatic heterocycles. The van der Waals surface area contributed by atoms with Gasteiger partial charge in [0.05, 0.1) is 48.5 Å². The minimum atomic E-state index is -4.66. The predicted octanol–water partition coefficient (Wildman–Crippen LogP) is 2.19. The molecule has 0 bridgehead atoms. The summed E-state index contributed by atoms with van der Waals surface area (Å²) in [5.74, 6) is 0.318. The van der Waals surface area contributed by atoms with Crippen molar-refractivity contribution in [3.63, 3.8) is 0 Å². The summed E-state index contributed by atoms with van der Waals surface area (Å²) in [6, 6.07) is 2.43. The summed E-state index contributed by atoms with van der Waals surface area (Å²) in [4.78, 5) is 28.6. The topological polar surface area (TPSA) is 92.7 Å². The van der Waals surface area contributed by atoms with Gasteiger partial charge in [-0.15, -0.1) is 0 Å². The van der Waals surface area contributed by atoms with Gasteiger partial charge in [-0.1, -0.05) is 0 Å². The van der Waals surface area contributed by atoms with E-state index < -0.39 is 17.6 Å². The van der Waals surface area contributed by atoms with E-state index in [-0.39, 0.29) is 27.9 Å². The van der Waals surface area contributed by atoms with Crippen molar-refractivity contribution in [2.24, 2.45) is 10.8 Å². The van der Waals surface area contributed by atoms with Crippen molar-refractivity contribution < 1.29 is 27.4 Å². The number of amides is 1. The summed E-state index contributed by atoms with van der Waals surface area (Å²) in [7, 11) is 0. The van der Waals surface area contributed by atoms with E-state index >= 15 is 0 Å². The number of halogens is 3. The van der Waals surface area contributed by atoms with Crippen LogP contribution in [0.15, 0.2) is 18.3 Å². The molecule has 2 aromatic rings. The third-order valence-electron chi connectivity index (χ3n) is 6.84. The molecule has 6 rings (SSSR count). The average molecular weight is 476 g/mol. The van der Waals surface area contributed by atoms with Crippen LogP contribution in [0.4, 0.5) is 30.8 Å². The molecule has 0 aromatic carbocycles. The number of carbonyl (C=O) groups excluding carboxylic acids is 1. The zero-order chi connectivity index (χ0) is 23.7. The van der Waals surface area contributed by atoms with Gasteiger partial charge < -0.3 is 24.6 Å². The Morgan fingerprint density at radius 2 is 1.62 bits per heavy atom. The molecular formula is C22H23F3N6O3. The zero-order valence-corrected chi connectivity index (χ0v) is 18.5. The zero-order valence-electron chi connectivity index (χ0n) is 18.5. The maximum Gasteiger partial charge on any atom is 0.417 e. The largest absolute Gasteiger partial charge is 0.417 e.